The number of hydrogen-bond donors (Lipinski definition) is 2. The maximum atomic E-state index is 5.61. The number of guanidine groups is 1. The maximum Gasteiger partial charge on any atom is 0.216 e. The first-order valence-electron chi connectivity index (χ1n) is 8.71. The van der Waals surface area contributed by atoms with Crippen LogP contribution in [0.15, 0.2) is 32.2 Å². The van der Waals surface area contributed by atoms with Gasteiger partial charge in [0.25, 0.3) is 0 Å². The molecule has 1 fully saturated rings. The molecule has 0 radical (unpaired) electrons. The van der Waals surface area contributed by atoms with Crippen molar-refractivity contribution in [1.82, 2.24) is 15.6 Å². The Labute approximate surface area is 142 Å². The van der Waals surface area contributed by atoms with Crippen molar-refractivity contribution in [2.24, 2.45) is 4.99 Å². The van der Waals surface area contributed by atoms with Gasteiger partial charge in [0, 0.05) is 19.0 Å². The summed E-state index contributed by atoms with van der Waals surface area (Å²) >= 11 is 0. The van der Waals surface area contributed by atoms with Crippen LogP contribution in [0.5, 0.6) is 0 Å². The molecule has 2 heterocycles. The van der Waals surface area contributed by atoms with Crippen molar-refractivity contribution >= 4 is 5.96 Å². The van der Waals surface area contributed by atoms with Gasteiger partial charge in [0.05, 0.1) is 12.0 Å². The molecule has 2 N–H and O–H groups in total. The second-order valence-electron chi connectivity index (χ2n) is 6.30. The minimum absolute atomic E-state index is 0.442. The first kappa shape index (κ1) is 16.6. The van der Waals surface area contributed by atoms with Gasteiger partial charge in [0.15, 0.2) is 5.96 Å². The Kier molecular flexibility index (Phi) is 5.56. The Morgan fingerprint density at radius 3 is 2.83 bits per heavy atom. The minimum atomic E-state index is 0.442. The van der Waals surface area contributed by atoms with Crippen LogP contribution in [0.4, 0.5) is 0 Å². The zero-order valence-corrected chi connectivity index (χ0v) is 14.5. The third-order valence-corrected chi connectivity index (χ3v) is 4.39. The van der Waals surface area contributed by atoms with Gasteiger partial charge in [0.1, 0.15) is 18.1 Å². The molecule has 6 heteroatoms. The highest BCUT2D eigenvalue weighted by atomic mass is 16.4. The predicted molar refractivity (Wildman–Crippen MR) is 92.9 cm³/mol. The lowest BCUT2D eigenvalue weighted by Gasteiger charge is -2.17. The molecular formula is C18H26N4O2. The summed E-state index contributed by atoms with van der Waals surface area (Å²) in [6.45, 7) is 5.09. The van der Waals surface area contributed by atoms with E-state index in [1.165, 1.54) is 25.7 Å². The van der Waals surface area contributed by atoms with Crippen molar-refractivity contribution in [2.45, 2.75) is 58.5 Å². The van der Waals surface area contributed by atoms with E-state index in [0.717, 1.165) is 36.1 Å². The molecule has 0 spiro atoms. The Balaban J connectivity index is 1.58. The smallest absolute Gasteiger partial charge is 0.216 e. The molecule has 1 aliphatic carbocycles. The molecule has 0 bridgehead atoms. The van der Waals surface area contributed by atoms with E-state index >= 15 is 0 Å². The summed E-state index contributed by atoms with van der Waals surface area (Å²) in [5.41, 5.74) is 0.927. The van der Waals surface area contributed by atoms with Gasteiger partial charge in [-0.1, -0.05) is 12.8 Å². The molecule has 0 aliphatic heterocycles. The third kappa shape index (κ3) is 4.63. The molecule has 3 rings (SSSR count). The average molecular weight is 330 g/mol. The van der Waals surface area contributed by atoms with E-state index in [1.54, 1.807) is 6.26 Å². The van der Waals surface area contributed by atoms with Crippen molar-refractivity contribution in [3.8, 4) is 0 Å². The van der Waals surface area contributed by atoms with Gasteiger partial charge in [-0.3, -0.25) is 0 Å². The number of furan rings is 1. The zero-order valence-electron chi connectivity index (χ0n) is 14.5. The lowest BCUT2D eigenvalue weighted by molar-refractivity contribution is 0.472. The summed E-state index contributed by atoms with van der Waals surface area (Å²) < 4.78 is 11.0. The van der Waals surface area contributed by atoms with Crippen LogP contribution in [-0.2, 0) is 13.0 Å². The number of nitrogens with zero attached hydrogens (tertiary/aromatic N) is 2. The van der Waals surface area contributed by atoms with Crippen molar-refractivity contribution in [2.75, 3.05) is 6.54 Å². The highest BCUT2D eigenvalue weighted by Crippen LogP contribution is 2.17. The Morgan fingerprint density at radius 2 is 2.17 bits per heavy atom. The van der Waals surface area contributed by atoms with Crippen molar-refractivity contribution in [1.29, 1.82) is 0 Å². The van der Waals surface area contributed by atoms with E-state index in [-0.39, 0.29) is 0 Å². The van der Waals surface area contributed by atoms with E-state index in [2.05, 4.69) is 20.6 Å². The maximum absolute atomic E-state index is 5.61. The molecule has 0 saturated heterocycles. The standard InChI is InChI=1S/C18H26N4O2/c1-13-14(2)24-17(21-13)12-20-18(22-15-6-3-4-7-15)19-10-9-16-8-5-11-23-16/h5,8,11,15H,3-4,6-7,9-10,12H2,1-2H3,(H2,19,20,22). The Morgan fingerprint density at radius 1 is 1.33 bits per heavy atom. The molecule has 1 aliphatic rings. The van der Waals surface area contributed by atoms with E-state index in [0.29, 0.717) is 18.5 Å². The quantitative estimate of drug-likeness (QED) is 0.629. The lowest BCUT2D eigenvalue weighted by atomic mass is 10.2. The van der Waals surface area contributed by atoms with Crippen LogP contribution in [-0.4, -0.2) is 23.5 Å². The lowest BCUT2D eigenvalue weighted by Crippen LogP contribution is -2.43. The van der Waals surface area contributed by atoms with E-state index in [1.807, 2.05) is 26.0 Å². The second-order valence-corrected chi connectivity index (χ2v) is 6.30. The fraction of sp³-hybridized carbons (Fsp3) is 0.556. The molecule has 24 heavy (non-hydrogen) atoms. The van der Waals surface area contributed by atoms with E-state index in [4.69, 9.17) is 8.83 Å². The van der Waals surface area contributed by atoms with Gasteiger partial charge in [0.2, 0.25) is 5.89 Å². The average Bonchev–Trinajstić information content (AvgIpc) is 3.29. The van der Waals surface area contributed by atoms with Gasteiger partial charge in [-0.2, -0.15) is 0 Å². The van der Waals surface area contributed by atoms with Crippen LogP contribution in [0.3, 0.4) is 0 Å². The van der Waals surface area contributed by atoms with Crippen LogP contribution in [0, 0.1) is 13.8 Å². The summed E-state index contributed by atoms with van der Waals surface area (Å²) in [4.78, 5) is 9.03. The van der Waals surface area contributed by atoms with Gasteiger partial charge < -0.3 is 19.5 Å². The number of nitrogens with one attached hydrogen (secondary N) is 2. The molecule has 130 valence electrons. The molecule has 0 atom stereocenters. The number of aryl methyl sites for hydroxylation is 2. The van der Waals surface area contributed by atoms with Crippen LogP contribution >= 0.6 is 0 Å². The minimum Gasteiger partial charge on any atom is -0.469 e. The number of hydrogen-bond acceptors (Lipinski definition) is 4. The molecular weight excluding hydrogens is 304 g/mol. The molecule has 2 aromatic rings. The molecule has 2 aromatic heterocycles. The van der Waals surface area contributed by atoms with Crippen LogP contribution < -0.4 is 10.6 Å². The monoisotopic (exact) mass is 330 g/mol. The fourth-order valence-corrected chi connectivity index (χ4v) is 2.93. The molecule has 0 aromatic carbocycles. The van der Waals surface area contributed by atoms with Gasteiger partial charge >= 0.3 is 0 Å². The van der Waals surface area contributed by atoms with Gasteiger partial charge in [-0.25, -0.2) is 9.98 Å². The SMILES string of the molecule is Cc1nc(CN=C(NCCc2ccco2)NC2CCCC2)oc1C. The van der Waals surface area contributed by atoms with Gasteiger partial charge in [-0.05, 0) is 38.8 Å². The summed E-state index contributed by atoms with van der Waals surface area (Å²) in [7, 11) is 0. The summed E-state index contributed by atoms with van der Waals surface area (Å²) in [5.74, 6) is 3.31. The first-order chi connectivity index (χ1) is 11.7. The highest BCUT2D eigenvalue weighted by Gasteiger charge is 2.16. The van der Waals surface area contributed by atoms with Crippen molar-refractivity contribution in [3.63, 3.8) is 0 Å². The van der Waals surface area contributed by atoms with Crippen molar-refractivity contribution in [3.05, 3.63) is 41.5 Å². The summed E-state index contributed by atoms with van der Waals surface area (Å²) in [5, 5.41) is 6.91. The number of aromatic nitrogens is 1. The normalized spacial score (nSPS) is 15.8. The van der Waals surface area contributed by atoms with E-state index < -0.39 is 0 Å². The van der Waals surface area contributed by atoms with E-state index in [9.17, 15) is 0 Å². The van der Waals surface area contributed by atoms with Crippen molar-refractivity contribution < 1.29 is 8.83 Å². The molecule has 0 amide bonds. The highest BCUT2D eigenvalue weighted by molar-refractivity contribution is 5.80. The molecule has 1 saturated carbocycles. The zero-order chi connectivity index (χ0) is 16.8. The summed E-state index contributed by atoms with van der Waals surface area (Å²) in [6.07, 6.45) is 7.51. The van der Waals surface area contributed by atoms with Gasteiger partial charge in [-0.15, -0.1) is 0 Å². The number of rotatable bonds is 6. The van der Waals surface area contributed by atoms with Crippen LogP contribution in [0.2, 0.25) is 0 Å². The Bertz CT molecular complexity index is 635. The van der Waals surface area contributed by atoms with Crippen LogP contribution in [0.25, 0.3) is 0 Å². The third-order valence-electron chi connectivity index (χ3n) is 4.39. The number of aliphatic imine (C=N–C) groups is 1. The Hall–Kier alpha value is -2.24. The predicted octanol–water partition coefficient (Wildman–Crippen LogP) is 3.10. The van der Waals surface area contributed by atoms with Crippen LogP contribution in [0.1, 0.15) is 48.8 Å². The topological polar surface area (TPSA) is 75.6 Å². The fourth-order valence-electron chi connectivity index (χ4n) is 2.93. The molecule has 6 nitrogen and oxygen atoms in total. The second kappa shape index (κ2) is 8.04. The first-order valence-corrected chi connectivity index (χ1v) is 8.71. The summed E-state index contributed by atoms with van der Waals surface area (Å²) in [6, 6.07) is 4.41. The largest absolute Gasteiger partial charge is 0.469 e. The number of oxazole rings is 1. The molecule has 0 unspecified atom stereocenters.